The van der Waals surface area contributed by atoms with Gasteiger partial charge in [0.1, 0.15) is 0 Å². The molecule has 0 saturated carbocycles. The van der Waals surface area contributed by atoms with Crippen LogP contribution < -0.4 is 21.1 Å². The van der Waals surface area contributed by atoms with E-state index >= 15 is 0 Å². The number of sulfonamides is 1. The van der Waals surface area contributed by atoms with Crippen molar-refractivity contribution in [1.29, 1.82) is 0 Å². The van der Waals surface area contributed by atoms with Crippen molar-refractivity contribution in [2.45, 2.75) is 32.1 Å². The minimum absolute atomic E-state index is 0.0480. The van der Waals surface area contributed by atoms with Crippen LogP contribution in [0, 0.1) is 12.8 Å². The Morgan fingerprint density at radius 1 is 1.03 bits per heavy atom. The van der Waals surface area contributed by atoms with E-state index in [4.69, 9.17) is 5.14 Å². The molecule has 29 heavy (non-hydrogen) atoms. The molecule has 0 fully saturated rings. The van der Waals surface area contributed by atoms with Gasteiger partial charge in [0.25, 0.3) is 0 Å². The van der Waals surface area contributed by atoms with Crippen LogP contribution in [0.5, 0.6) is 0 Å². The summed E-state index contributed by atoms with van der Waals surface area (Å²) in [6.07, 6.45) is 0.530. The first kappa shape index (κ1) is 22.4. The number of anilines is 2. The lowest BCUT2D eigenvalue weighted by Crippen LogP contribution is -2.30. The number of carbonyl (C=O) groups is 2. The number of hydrogen-bond acceptors (Lipinski definition) is 4. The van der Waals surface area contributed by atoms with Crippen molar-refractivity contribution in [2.75, 3.05) is 17.2 Å². The van der Waals surface area contributed by atoms with Crippen molar-refractivity contribution in [2.24, 2.45) is 11.1 Å². The lowest BCUT2D eigenvalue weighted by atomic mass is 10.1. The van der Waals surface area contributed by atoms with Gasteiger partial charge >= 0.3 is 6.03 Å². The number of primary sulfonamides is 1. The number of aryl methyl sites for hydroxylation is 1. The first-order valence-electron chi connectivity index (χ1n) is 9.14. The monoisotopic (exact) mass is 418 g/mol. The molecule has 0 aliphatic rings. The molecule has 0 saturated heterocycles. The van der Waals surface area contributed by atoms with E-state index in [-0.39, 0.29) is 22.8 Å². The van der Waals surface area contributed by atoms with Crippen LogP contribution in [0.1, 0.15) is 25.0 Å². The highest BCUT2D eigenvalue weighted by atomic mass is 32.2. The fraction of sp³-hybridized carbons (Fsp3) is 0.300. The van der Waals surface area contributed by atoms with Crippen molar-refractivity contribution >= 4 is 33.3 Å². The summed E-state index contributed by atoms with van der Waals surface area (Å²) in [5, 5.41) is 13.4. The van der Waals surface area contributed by atoms with Crippen molar-refractivity contribution < 1.29 is 18.0 Å². The van der Waals surface area contributed by atoms with Gasteiger partial charge in [0.05, 0.1) is 4.90 Å². The summed E-state index contributed by atoms with van der Waals surface area (Å²) < 4.78 is 22.5. The van der Waals surface area contributed by atoms with Gasteiger partial charge in [-0.3, -0.25) is 4.79 Å². The van der Waals surface area contributed by atoms with E-state index < -0.39 is 10.0 Å². The molecule has 0 radical (unpaired) electrons. The molecule has 2 rings (SSSR count). The van der Waals surface area contributed by atoms with Gasteiger partial charge < -0.3 is 16.0 Å². The topological polar surface area (TPSA) is 130 Å². The maximum atomic E-state index is 12.2. The van der Waals surface area contributed by atoms with E-state index in [9.17, 15) is 18.0 Å². The second kappa shape index (κ2) is 9.53. The van der Waals surface area contributed by atoms with Crippen LogP contribution in [0.25, 0.3) is 0 Å². The molecule has 0 bridgehead atoms. The zero-order chi connectivity index (χ0) is 21.6. The third-order valence-electron chi connectivity index (χ3n) is 4.23. The summed E-state index contributed by atoms with van der Waals surface area (Å²) in [5.41, 5.74) is 2.94. The number of nitrogens with one attached hydrogen (secondary N) is 3. The van der Waals surface area contributed by atoms with Gasteiger partial charge in [0.2, 0.25) is 15.9 Å². The van der Waals surface area contributed by atoms with Gasteiger partial charge in [-0.15, -0.1) is 0 Å². The quantitative estimate of drug-likeness (QED) is 0.550. The van der Waals surface area contributed by atoms with Crippen LogP contribution in [0.3, 0.4) is 0 Å². The molecule has 0 atom stereocenters. The Hall–Kier alpha value is -2.91. The standard InChI is InChI=1S/C20H26N4O4S/c1-13(2)19(25)23-16-7-4-14(3)18(12-16)24-20(26)22-11-10-15-5-8-17(9-6-15)29(21,27)28/h4-9,12-13H,10-11H2,1-3H3,(H,23,25)(H2,21,27,28)(H2,22,24,26). The molecule has 0 aliphatic heterocycles. The first-order valence-corrected chi connectivity index (χ1v) is 10.7. The van der Waals surface area contributed by atoms with Gasteiger partial charge in [-0.2, -0.15) is 0 Å². The summed E-state index contributed by atoms with van der Waals surface area (Å²) in [6, 6.07) is 11.1. The van der Waals surface area contributed by atoms with Crippen LogP contribution in [0.4, 0.5) is 16.2 Å². The van der Waals surface area contributed by atoms with Gasteiger partial charge in [-0.1, -0.05) is 32.0 Å². The summed E-state index contributed by atoms with van der Waals surface area (Å²) in [7, 11) is -3.71. The molecular weight excluding hydrogens is 392 g/mol. The molecule has 0 aromatic heterocycles. The largest absolute Gasteiger partial charge is 0.338 e. The zero-order valence-electron chi connectivity index (χ0n) is 16.7. The Bertz CT molecular complexity index is 986. The van der Waals surface area contributed by atoms with Crippen LogP contribution >= 0.6 is 0 Å². The first-order chi connectivity index (χ1) is 13.6. The Labute approximate surface area is 170 Å². The normalized spacial score (nSPS) is 11.2. The van der Waals surface area contributed by atoms with Crippen molar-refractivity contribution in [3.8, 4) is 0 Å². The summed E-state index contributed by atoms with van der Waals surface area (Å²) in [5.74, 6) is -0.243. The lowest BCUT2D eigenvalue weighted by Gasteiger charge is -2.13. The second-order valence-electron chi connectivity index (χ2n) is 6.99. The third kappa shape index (κ3) is 6.88. The van der Waals surface area contributed by atoms with E-state index in [1.807, 2.05) is 13.0 Å². The number of carbonyl (C=O) groups excluding carboxylic acids is 2. The maximum absolute atomic E-state index is 12.2. The molecule has 2 aromatic rings. The molecule has 0 unspecified atom stereocenters. The minimum atomic E-state index is -3.71. The third-order valence-corrected chi connectivity index (χ3v) is 5.16. The van der Waals surface area contributed by atoms with Crippen molar-refractivity contribution in [1.82, 2.24) is 5.32 Å². The Morgan fingerprint density at radius 2 is 1.69 bits per heavy atom. The highest BCUT2D eigenvalue weighted by molar-refractivity contribution is 7.89. The smallest absolute Gasteiger partial charge is 0.319 e. The van der Waals surface area contributed by atoms with Crippen molar-refractivity contribution in [3.63, 3.8) is 0 Å². The molecule has 156 valence electrons. The average molecular weight is 419 g/mol. The average Bonchev–Trinajstić information content (AvgIpc) is 2.64. The predicted molar refractivity (Wildman–Crippen MR) is 113 cm³/mol. The molecular formula is C20H26N4O4S. The number of benzene rings is 2. The Kier molecular flexibility index (Phi) is 7.35. The molecule has 2 aromatic carbocycles. The Balaban J connectivity index is 1.90. The fourth-order valence-corrected chi connectivity index (χ4v) is 2.97. The Morgan fingerprint density at radius 3 is 2.28 bits per heavy atom. The predicted octanol–water partition coefficient (Wildman–Crippen LogP) is 2.60. The van der Waals surface area contributed by atoms with Gasteiger partial charge in [0.15, 0.2) is 0 Å². The van der Waals surface area contributed by atoms with Gasteiger partial charge in [0, 0.05) is 23.8 Å². The highest BCUT2D eigenvalue weighted by Gasteiger charge is 2.10. The SMILES string of the molecule is Cc1ccc(NC(=O)C(C)C)cc1NC(=O)NCCc1ccc(S(N)(=O)=O)cc1. The fourth-order valence-electron chi connectivity index (χ4n) is 2.45. The molecule has 0 spiro atoms. The number of rotatable bonds is 7. The van der Waals surface area contributed by atoms with Gasteiger partial charge in [-0.25, -0.2) is 18.4 Å². The van der Waals surface area contributed by atoms with E-state index in [0.29, 0.717) is 24.3 Å². The maximum Gasteiger partial charge on any atom is 0.319 e. The van der Waals surface area contributed by atoms with E-state index in [2.05, 4.69) is 16.0 Å². The van der Waals surface area contributed by atoms with Crippen LogP contribution in [-0.4, -0.2) is 26.9 Å². The number of amides is 3. The summed E-state index contributed by atoms with van der Waals surface area (Å²) in [6.45, 7) is 5.83. The van der Waals surface area contributed by atoms with E-state index in [1.165, 1.54) is 12.1 Å². The number of hydrogen-bond donors (Lipinski definition) is 4. The lowest BCUT2D eigenvalue weighted by molar-refractivity contribution is -0.118. The van der Waals surface area contributed by atoms with Crippen molar-refractivity contribution in [3.05, 3.63) is 53.6 Å². The number of nitrogens with two attached hydrogens (primary N) is 1. The second-order valence-corrected chi connectivity index (χ2v) is 8.55. The molecule has 9 heteroatoms. The summed E-state index contributed by atoms with van der Waals surface area (Å²) in [4.78, 5) is 24.1. The van der Waals surface area contributed by atoms with E-state index in [1.54, 1.807) is 38.1 Å². The minimum Gasteiger partial charge on any atom is -0.338 e. The highest BCUT2D eigenvalue weighted by Crippen LogP contribution is 2.20. The van der Waals surface area contributed by atoms with Crippen LogP contribution in [0.2, 0.25) is 0 Å². The summed E-state index contributed by atoms with van der Waals surface area (Å²) >= 11 is 0. The van der Waals surface area contributed by atoms with Gasteiger partial charge in [-0.05, 0) is 48.7 Å². The van der Waals surface area contributed by atoms with E-state index in [0.717, 1.165) is 11.1 Å². The molecule has 8 nitrogen and oxygen atoms in total. The zero-order valence-corrected chi connectivity index (χ0v) is 17.5. The van der Waals surface area contributed by atoms with Crippen LogP contribution in [-0.2, 0) is 21.2 Å². The molecule has 3 amide bonds. The molecule has 0 heterocycles. The number of urea groups is 1. The van der Waals surface area contributed by atoms with Crippen LogP contribution in [0.15, 0.2) is 47.4 Å². The molecule has 0 aliphatic carbocycles. The molecule has 5 N–H and O–H groups in total.